The smallest absolute Gasteiger partial charge is 0.325 e. The van der Waals surface area contributed by atoms with Crippen molar-refractivity contribution in [2.75, 3.05) is 0 Å². The van der Waals surface area contributed by atoms with E-state index in [9.17, 15) is 4.79 Å². The molecule has 0 heterocycles. The molecule has 0 spiro atoms. The maximum Gasteiger partial charge on any atom is 0.325 e. The van der Waals surface area contributed by atoms with Gasteiger partial charge < -0.3 is 10.8 Å². The van der Waals surface area contributed by atoms with Crippen LogP contribution in [0.5, 0.6) is 0 Å². The lowest BCUT2D eigenvalue weighted by molar-refractivity contribution is -0.138. The summed E-state index contributed by atoms with van der Waals surface area (Å²) >= 11 is 5.83. The van der Waals surface area contributed by atoms with Gasteiger partial charge in [-0.1, -0.05) is 24.6 Å². The number of halogens is 1. The van der Waals surface area contributed by atoms with Gasteiger partial charge in [-0.15, -0.1) is 0 Å². The molecule has 0 fully saturated rings. The van der Waals surface area contributed by atoms with Crippen molar-refractivity contribution in [3.05, 3.63) is 34.3 Å². The first-order valence-corrected chi connectivity index (χ1v) is 4.70. The average molecular weight is 214 g/mol. The van der Waals surface area contributed by atoms with Crippen molar-refractivity contribution in [3.8, 4) is 0 Å². The van der Waals surface area contributed by atoms with Gasteiger partial charge in [0.25, 0.3) is 0 Å². The SMILES string of the molecule is CCc1cc(Cl)cc(C(N)C(=O)O)c1. The average Bonchev–Trinajstić information content (AvgIpc) is 2.15. The first-order chi connectivity index (χ1) is 6.54. The Labute approximate surface area is 87.5 Å². The number of nitrogens with two attached hydrogens (primary N) is 1. The highest BCUT2D eigenvalue weighted by molar-refractivity contribution is 6.30. The van der Waals surface area contributed by atoms with Crippen LogP contribution in [0.2, 0.25) is 5.02 Å². The predicted octanol–water partition coefficient (Wildman–Crippen LogP) is 1.99. The third kappa shape index (κ3) is 2.47. The minimum Gasteiger partial charge on any atom is -0.480 e. The maximum atomic E-state index is 10.6. The van der Waals surface area contributed by atoms with Gasteiger partial charge >= 0.3 is 5.97 Å². The van der Waals surface area contributed by atoms with Crippen LogP contribution in [0, 0.1) is 0 Å². The second-order valence-corrected chi connectivity index (χ2v) is 3.50. The van der Waals surface area contributed by atoms with Gasteiger partial charge in [0.1, 0.15) is 6.04 Å². The molecule has 0 saturated carbocycles. The van der Waals surface area contributed by atoms with Gasteiger partial charge in [0, 0.05) is 5.02 Å². The van der Waals surface area contributed by atoms with E-state index in [-0.39, 0.29) is 0 Å². The summed E-state index contributed by atoms with van der Waals surface area (Å²) in [6.45, 7) is 1.97. The number of aryl methyl sites for hydroxylation is 1. The lowest BCUT2D eigenvalue weighted by atomic mass is 10.0. The monoisotopic (exact) mass is 213 g/mol. The van der Waals surface area contributed by atoms with Crippen molar-refractivity contribution in [1.82, 2.24) is 0 Å². The van der Waals surface area contributed by atoms with Crippen molar-refractivity contribution in [2.24, 2.45) is 5.73 Å². The van der Waals surface area contributed by atoms with Crippen LogP contribution in [0.1, 0.15) is 24.1 Å². The van der Waals surface area contributed by atoms with Crippen molar-refractivity contribution in [1.29, 1.82) is 0 Å². The van der Waals surface area contributed by atoms with Crippen LogP contribution in [0.4, 0.5) is 0 Å². The minimum atomic E-state index is -1.05. The summed E-state index contributed by atoms with van der Waals surface area (Å²) in [6.07, 6.45) is 0.805. The number of hydrogen-bond donors (Lipinski definition) is 2. The van der Waals surface area contributed by atoms with Gasteiger partial charge in [-0.05, 0) is 29.7 Å². The highest BCUT2D eigenvalue weighted by Gasteiger charge is 2.14. The molecule has 0 aliphatic carbocycles. The standard InChI is InChI=1S/C10H12ClNO2/c1-2-6-3-7(5-8(11)4-6)9(12)10(13)14/h3-5,9H,2,12H2,1H3,(H,13,14). The molecule has 1 aromatic carbocycles. The second-order valence-electron chi connectivity index (χ2n) is 3.06. The minimum absolute atomic E-state index is 0.524. The van der Waals surface area contributed by atoms with E-state index in [0.717, 1.165) is 12.0 Å². The fraction of sp³-hybridized carbons (Fsp3) is 0.300. The van der Waals surface area contributed by atoms with Gasteiger partial charge in [-0.2, -0.15) is 0 Å². The molecule has 1 aromatic rings. The number of rotatable bonds is 3. The van der Waals surface area contributed by atoms with Crippen LogP contribution in [0.3, 0.4) is 0 Å². The summed E-state index contributed by atoms with van der Waals surface area (Å²) in [4.78, 5) is 10.6. The van der Waals surface area contributed by atoms with E-state index in [4.69, 9.17) is 22.4 Å². The van der Waals surface area contributed by atoms with Gasteiger partial charge in [0.2, 0.25) is 0 Å². The Balaban J connectivity index is 3.08. The van der Waals surface area contributed by atoms with Gasteiger partial charge in [-0.3, -0.25) is 4.79 Å². The zero-order chi connectivity index (χ0) is 10.7. The van der Waals surface area contributed by atoms with E-state index < -0.39 is 12.0 Å². The number of carboxylic acid groups (broad SMARTS) is 1. The van der Waals surface area contributed by atoms with Crippen LogP contribution >= 0.6 is 11.6 Å². The van der Waals surface area contributed by atoms with Crippen LogP contribution in [-0.4, -0.2) is 11.1 Å². The fourth-order valence-corrected chi connectivity index (χ4v) is 1.47. The Kier molecular flexibility index (Phi) is 3.49. The Morgan fingerprint density at radius 1 is 1.57 bits per heavy atom. The topological polar surface area (TPSA) is 63.3 Å². The van der Waals surface area contributed by atoms with Crippen LogP contribution < -0.4 is 5.73 Å². The lowest BCUT2D eigenvalue weighted by Gasteiger charge is -2.09. The molecule has 0 saturated heterocycles. The molecule has 14 heavy (non-hydrogen) atoms. The number of hydrogen-bond acceptors (Lipinski definition) is 2. The number of carbonyl (C=O) groups is 1. The number of aliphatic carboxylic acids is 1. The molecule has 0 radical (unpaired) electrons. The Bertz CT molecular complexity index is 352. The molecule has 0 bridgehead atoms. The van der Waals surface area contributed by atoms with Crippen molar-refractivity contribution in [3.63, 3.8) is 0 Å². The molecule has 0 aromatic heterocycles. The molecule has 76 valence electrons. The molecular formula is C10H12ClNO2. The van der Waals surface area contributed by atoms with E-state index in [0.29, 0.717) is 10.6 Å². The van der Waals surface area contributed by atoms with E-state index in [1.807, 2.05) is 6.92 Å². The molecule has 1 unspecified atom stereocenters. The summed E-state index contributed by atoms with van der Waals surface area (Å²) in [5.74, 6) is -1.05. The van der Waals surface area contributed by atoms with Gasteiger partial charge in [0.05, 0.1) is 0 Å². The van der Waals surface area contributed by atoms with Crippen molar-refractivity contribution < 1.29 is 9.90 Å². The molecule has 0 aliphatic rings. The molecule has 3 N–H and O–H groups in total. The molecule has 4 heteroatoms. The third-order valence-electron chi connectivity index (χ3n) is 2.01. The number of carboxylic acids is 1. The van der Waals surface area contributed by atoms with E-state index >= 15 is 0 Å². The highest BCUT2D eigenvalue weighted by Crippen LogP contribution is 2.19. The van der Waals surface area contributed by atoms with Crippen molar-refractivity contribution in [2.45, 2.75) is 19.4 Å². The summed E-state index contributed by atoms with van der Waals surface area (Å²) in [7, 11) is 0. The second kappa shape index (κ2) is 4.44. The zero-order valence-corrected chi connectivity index (χ0v) is 8.58. The fourth-order valence-electron chi connectivity index (χ4n) is 1.20. The van der Waals surface area contributed by atoms with Crippen molar-refractivity contribution >= 4 is 17.6 Å². The normalized spacial score (nSPS) is 12.5. The predicted molar refractivity (Wildman–Crippen MR) is 55.4 cm³/mol. The molecular weight excluding hydrogens is 202 g/mol. The van der Waals surface area contributed by atoms with E-state index in [1.165, 1.54) is 0 Å². The molecule has 1 rings (SSSR count). The lowest BCUT2D eigenvalue weighted by Crippen LogP contribution is -2.20. The summed E-state index contributed by atoms with van der Waals surface area (Å²) in [5, 5.41) is 9.25. The quantitative estimate of drug-likeness (QED) is 0.807. The Morgan fingerprint density at radius 3 is 2.71 bits per heavy atom. The van der Waals surface area contributed by atoms with E-state index in [1.54, 1.807) is 18.2 Å². The zero-order valence-electron chi connectivity index (χ0n) is 7.83. The Morgan fingerprint density at radius 2 is 2.21 bits per heavy atom. The molecule has 1 atom stereocenters. The summed E-state index contributed by atoms with van der Waals surface area (Å²) in [5.41, 5.74) is 7.01. The van der Waals surface area contributed by atoms with Gasteiger partial charge in [-0.25, -0.2) is 0 Å². The Hall–Kier alpha value is -1.06. The maximum absolute atomic E-state index is 10.6. The van der Waals surface area contributed by atoms with E-state index in [2.05, 4.69) is 0 Å². The first kappa shape index (κ1) is 11.0. The van der Waals surface area contributed by atoms with Crippen LogP contribution in [0.15, 0.2) is 18.2 Å². The summed E-state index contributed by atoms with van der Waals surface area (Å²) in [6, 6.07) is 4.16. The third-order valence-corrected chi connectivity index (χ3v) is 2.23. The van der Waals surface area contributed by atoms with Crippen LogP contribution in [-0.2, 0) is 11.2 Å². The summed E-state index contributed by atoms with van der Waals surface area (Å²) < 4.78 is 0. The van der Waals surface area contributed by atoms with Gasteiger partial charge in [0.15, 0.2) is 0 Å². The molecule has 3 nitrogen and oxygen atoms in total. The molecule has 0 amide bonds. The highest BCUT2D eigenvalue weighted by atomic mass is 35.5. The number of benzene rings is 1. The van der Waals surface area contributed by atoms with Crippen LogP contribution in [0.25, 0.3) is 0 Å². The first-order valence-electron chi connectivity index (χ1n) is 4.32. The largest absolute Gasteiger partial charge is 0.480 e. The molecule has 0 aliphatic heterocycles.